The summed E-state index contributed by atoms with van der Waals surface area (Å²) < 4.78 is 60.0. The molecule has 0 radical (unpaired) electrons. The van der Waals surface area contributed by atoms with Crippen LogP contribution in [0.5, 0.6) is 0 Å². The third-order valence-electron chi connectivity index (χ3n) is 8.18. The second-order valence-electron chi connectivity index (χ2n) is 11.3. The van der Waals surface area contributed by atoms with Gasteiger partial charge in [-0.05, 0) is 54.1 Å². The first-order chi connectivity index (χ1) is 23.6. The number of anilines is 1. The van der Waals surface area contributed by atoms with Crippen LogP contribution in [-0.4, -0.2) is 67.2 Å². The van der Waals surface area contributed by atoms with E-state index in [9.17, 15) is 37.1 Å². The predicted molar refractivity (Wildman–Crippen MR) is 171 cm³/mol. The van der Waals surface area contributed by atoms with Crippen molar-refractivity contribution in [2.45, 2.75) is 13.0 Å². The zero-order valence-corrected chi connectivity index (χ0v) is 25.8. The zero-order chi connectivity index (χ0) is 34.7. The number of ketones is 1. The average molecular weight is 673 g/mol. The third-order valence-corrected chi connectivity index (χ3v) is 8.18. The van der Waals surface area contributed by atoms with Gasteiger partial charge in [0.1, 0.15) is 30.0 Å². The number of piperazine rings is 1. The summed E-state index contributed by atoms with van der Waals surface area (Å²) in [5.74, 6) is -7.28. The number of nitrogens with zero attached hydrogens (tertiary/aromatic N) is 6. The molecule has 1 fully saturated rings. The van der Waals surface area contributed by atoms with E-state index in [1.807, 2.05) is 29.2 Å². The molecular formula is C35H28F4N6O4. The van der Waals surface area contributed by atoms with Gasteiger partial charge in [-0.1, -0.05) is 18.2 Å². The highest BCUT2D eigenvalue weighted by atomic mass is 19.2. The van der Waals surface area contributed by atoms with Gasteiger partial charge < -0.3 is 19.5 Å². The zero-order valence-electron chi connectivity index (χ0n) is 25.8. The van der Waals surface area contributed by atoms with Crippen LogP contribution in [0.2, 0.25) is 0 Å². The van der Waals surface area contributed by atoms with Crippen LogP contribution in [0.25, 0.3) is 11.4 Å². The number of pyridine rings is 1. The lowest BCUT2D eigenvalue weighted by molar-refractivity contribution is -0.142. The lowest BCUT2D eigenvalue weighted by Crippen LogP contribution is -2.50. The van der Waals surface area contributed by atoms with Crippen LogP contribution >= 0.6 is 0 Å². The first-order valence-corrected chi connectivity index (χ1v) is 15.1. The number of hydrogen-bond donors (Lipinski definition) is 1. The van der Waals surface area contributed by atoms with Gasteiger partial charge in [0.05, 0.1) is 17.8 Å². The van der Waals surface area contributed by atoms with Crippen molar-refractivity contribution in [2.75, 3.05) is 31.1 Å². The summed E-state index contributed by atoms with van der Waals surface area (Å²) in [6.07, 6.45) is 4.27. The van der Waals surface area contributed by atoms with Crippen molar-refractivity contribution >= 4 is 23.1 Å². The molecule has 1 saturated heterocycles. The van der Waals surface area contributed by atoms with Crippen LogP contribution < -0.4 is 10.5 Å². The summed E-state index contributed by atoms with van der Waals surface area (Å²) in [5, 5.41) is 15.0. The Labute approximate surface area is 276 Å². The van der Waals surface area contributed by atoms with Crippen molar-refractivity contribution in [3.05, 3.63) is 148 Å². The number of carbonyl (C=O) groups excluding carboxylic acids is 2. The maximum atomic E-state index is 14.5. The second kappa shape index (κ2) is 14.0. The maximum absolute atomic E-state index is 14.5. The summed E-state index contributed by atoms with van der Waals surface area (Å²) >= 11 is 0. The van der Waals surface area contributed by atoms with Gasteiger partial charge in [0.25, 0.3) is 11.5 Å². The largest absolute Gasteiger partial charge is 0.507 e. The molecular weight excluding hydrogens is 644 g/mol. The number of carbonyl (C=O) groups is 2. The molecule has 2 aromatic heterocycles. The summed E-state index contributed by atoms with van der Waals surface area (Å²) in [4.78, 5) is 46.8. The lowest BCUT2D eigenvalue weighted by atomic mass is 10.0. The van der Waals surface area contributed by atoms with Crippen molar-refractivity contribution in [1.82, 2.24) is 24.2 Å². The topological polar surface area (TPSA) is 114 Å². The van der Waals surface area contributed by atoms with Gasteiger partial charge in [-0.2, -0.15) is 5.10 Å². The highest BCUT2D eigenvalue weighted by Gasteiger charge is 2.26. The first-order valence-electron chi connectivity index (χ1n) is 15.1. The summed E-state index contributed by atoms with van der Waals surface area (Å²) in [7, 11) is 0. The smallest absolute Gasteiger partial charge is 0.294 e. The molecule has 0 saturated carbocycles. The van der Waals surface area contributed by atoms with Crippen molar-refractivity contribution in [1.29, 1.82) is 0 Å². The van der Waals surface area contributed by atoms with Crippen LogP contribution in [0.15, 0.2) is 96.5 Å². The van der Waals surface area contributed by atoms with E-state index in [2.05, 4.69) is 10.1 Å². The van der Waals surface area contributed by atoms with E-state index in [0.29, 0.717) is 25.2 Å². The molecule has 1 amide bonds. The number of hydrogen-bond acceptors (Lipinski definition) is 7. The highest BCUT2D eigenvalue weighted by molar-refractivity contribution is 6.41. The molecule has 5 aromatic rings. The Morgan fingerprint density at radius 2 is 1.55 bits per heavy atom. The number of aliphatic hydroxyl groups excluding tert-OH is 1. The Morgan fingerprint density at radius 3 is 2.24 bits per heavy atom. The standard InChI is InChI=1S/C35H28F4N6O4/c36-28-4-2-1-3-23(28)19-44-18-22(15-26-29(37)9-10-30(38)33(26)39)16-27(34(44)48)31(46)17-32(47)35(49)43-13-11-42(12-14-43)24-5-7-25(8-6-24)45-21-40-20-41-45/h1-10,16-18,20-21,46H,11-15,19H2. The fourth-order valence-electron chi connectivity index (χ4n) is 5.59. The maximum Gasteiger partial charge on any atom is 0.294 e. The molecule has 250 valence electrons. The Balaban J connectivity index is 1.21. The van der Waals surface area contributed by atoms with E-state index >= 15 is 0 Å². The van der Waals surface area contributed by atoms with E-state index in [4.69, 9.17) is 0 Å². The molecule has 0 unspecified atom stereocenters. The molecule has 1 aliphatic heterocycles. The lowest BCUT2D eigenvalue weighted by Gasteiger charge is -2.35. The molecule has 1 aliphatic rings. The molecule has 1 N–H and O–H groups in total. The van der Waals surface area contributed by atoms with E-state index < -0.39 is 63.8 Å². The molecule has 0 spiro atoms. The average Bonchev–Trinajstić information content (AvgIpc) is 3.66. The summed E-state index contributed by atoms with van der Waals surface area (Å²) in [6.45, 7) is 0.925. The van der Waals surface area contributed by atoms with Gasteiger partial charge in [-0.25, -0.2) is 27.2 Å². The van der Waals surface area contributed by atoms with Gasteiger partial charge in [0, 0.05) is 61.7 Å². The third kappa shape index (κ3) is 7.12. The van der Waals surface area contributed by atoms with Crippen molar-refractivity contribution in [2.24, 2.45) is 0 Å². The van der Waals surface area contributed by atoms with Crippen molar-refractivity contribution < 1.29 is 32.3 Å². The SMILES string of the molecule is O=C(C=C(O)c1cc(Cc2c(F)ccc(F)c2F)cn(Cc2ccccc2F)c1=O)C(=O)N1CCN(c2ccc(-n3cncn3)cc2)CC1. The number of rotatable bonds is 9. The molecule has 3 aromatic carbocycles. The van der Waals surface area contributed by atoms with Gasteiger partial charge in [0.15, 0.2) is 11.6 Å². The second-order valence-corrected chi connectivity index (χ2v) is 11.3. The number of aromatic nitrogens is 4. The normalized spacial score (nSPS) is 13.5. The Hall–Kier alpha value is -6.05. The Morgan fingerprint density at radius 1 is 0.857 bits per heavy atom. The minimum absolute atomic E-state index is 0.0403. The van der Waals surface area contributed by atoms with Crippen LogP contribution in [0.4, 0.5) is 23.2 Å². The van der Waals surface area contributed by atoms with Crippen LogP contribution in [0.3, 0.4) is 0 Å². The van der Waals surface area contributed by atoms with Crippen molar-refractivity contribution in [3.63, 3.8) is 0 Å². The number of benzene rings is 3. The fraction of sp³-hybridized carbons (Fsp3) is 0.171. The van der Waals surface area contributed by atoms with Gasteiger partial charge in [-0.15, -0.1) is 0 Å². The van der Waals surface area contributed by atoms with Gasteiger partial charge in [0.2, 0.25) is 5.78 Å². The van der Waals surface area contributed by atoms with Crippen LogP contribution in [-0.2, 0) is 22.6 Å². The molecule has 0 bridgehead atoms. The predicted octanol–water partition coefficient (Wildman–Crippen LogP) is 4.44. The monoisotopic (exact) mass is 672 g/mol. The van der Waals surface area contributed by atoms with Gasteiger partial charge in [-0.3, -0.25) is 14.4 Å². The van der Waals surface area contributed by atoms with Gasteiger partial charge >= 0.3 is 0 Å². The summed E-state index contributed by atoms with van der Waals surface area (Å²) in [6, 6.07) is 15.6. The minimum Gasteiger partial charge on any atom is -0.507 e. The quantitative estimate of drug-likeness (QED) is 0.0810. The Bertz CT molecular complexity index is 2110. The molecule has 10 nitrogen and oxygen atoms in total. The molecule has 49 heavy (non-hydrogen) atoms. The molecule has 3 heterocycles. The van der Waals surface area contributed by atoms with E-state index in [0.717, 1.165) is 28.1 Å². The van der Waals surface area contributed by atoms with Crippen LogP contribution in [0, 0.1) is 23.3 Å². The molecule has 0 aliphatic carbocycles. The summed E-state index contributed by atoms with van der Waals surface area (Å²) in [5.41, 5.74) is -0.123. The van der Waals surface area contributed by atoms with E-state index in [1.54, 1.807) is 17.1 Å². The van der Waals surface area contributed by atoms with E-state index in [1.165, 1.54) is 35.6 Å². The fourth-order valence-corrected chi connectivity index (χ4v) is 5.59. The highest BCUT2D eigenvalue weighted by Crippen LogP contribution is 2.22. The molecule has 6 rings (SSSR count). The van der Waals surface area contributed by atoms with E-state index in [-0.39, 0.29) is 30.8 Å². The molecule has 0 atom stereocenters. The minimum atomic E-state index is -1.43. The van der Waals surface area contributed by atoms with Crippen molar-refractivity contribution in [3.8, 4) is 5.69 Å². The van der Waals surface area contributed by atoms with Crippen LogP contribution in [0.1, 0.15) is 22.3 Å². The number of amides is 1. The Kier molecular flexibility index (Phi) is 9.38. The number of aliphatic hydroxyl groups is 1. The first kappa shape index (κ1) is 32.9. The molecule has 14 heteroatoms. The number of halogens is 4.